The fourth-order valence-corrected chi connectivity index (χ4v) is 4.26. The third-order valence-corrected chi connectivity index (χ3v) is 6.21. The Morgan fingerprint density at radius 1 is 0.833 bits per heavy atom. The first-order valence-electron chi connectivity index (χ1n) is 12.0. The van der Waals surface area contributed by atoms with Gasteiger partial charge in [-0.1, -0.05) is 100 Å². The number of hydrogen-bond acceptors (Lipinski definition) is 2. The van der Waals surface area contributed by atoms with Crippen molar-refractivity contribution in [1.82, 2.24) is 0 Å². The maximum Gasteiger partial charge on any atom is 0.135 e. The molecule has 1 aliphatic rings. The highest BCUT2D eigenvalue weighted by atomic mass is 16.3. The van der Waals surface area contributed by atoms with E-state index in [0.717, 1.165) is 60.4 Å². The van der Waals surface area contributed by atoms with Gasteiger partial charge in [-0.25, -0.2) is 0 Å². The molecule has 0 amide bonds. The van der Waals surface area contributed by atoms with Crippen molar-refractivity contribution in [2.75, 3.05) is 0 Å². The van der Waals surface area contributed by atoms with Gasteiger partial charge < -0.3 is 8.83 Å². The van der Waals surface area contributed by atoms with Gasteiger partial charge in [0.25, 0.3) is 0 Å². The first-order valence-corrected chi connectivity index (χ1v) is 12.0. The van der Waals surface area contributed by atoms with Crippen molar-refractivity contribution in [3.05, 3.63) is 129 Å². The third kappa shape index (κ3) is 5.18. The minimum Gasteiger partial charge on any atom is -0.461 e. The molecule has 0 bridgehead atoms. The quantitative estimate of drug-likeness (QED) is 0.423. The molecular formula is C34H32O2. The van der Waals surface area contributed by atoms with E-state index >= 15 is 0 Å². The first kappa shape index (κ1) is 24.8. The molecule has 2 nitrogen and oxygen atoms in total. The van der Waals surface area contributed by atoms with E-state index in [-0.39, 0.29) is 5.92 Å². The zero-order valence-corrected chi connectivity index (χ0v) is 21.4. The predicted octanol–water partition coefficient (Wildman–Crippen LogP) is 6.17. The summed E-state index contributed by atoms with van der Waals surface area (Å²) in [6.07, 6.45) is 14.3. The van der Waals surface area contributed by atoms with E-state index in [9.17, 15) is 0 Å². The van der Waals surface area contributed by atoms with Gasteiger partial charge in [-0.05, 0) is 59.6 Å². The van der Waals surface area contributed by atoms with Crippen LogP contribution >= 0.6 is 0 Å². The van der Waals surface area contributed by atoms with Crippen molar-refractivity contribution < 1.29 is 8.83 Å². The molecule has 0 saturated heterocycles. The van der Waals surface area contributed by atoms with Gasteiger partial charge in [0, 0.05) is 21.7 Å². The molecule has 1 aromatic carbocycles. The van der Waals surface area contributed by atoms with Gasteiger partial charge in [0.05, 0.1) is 0 Å². The minimum absolute atomic E-state index is 0.246. The summed E-state index contributed by atoms with van der Waals surface area (Å²) in [6, 6.07) is 9.90. The lowest BCUT2D eigenvalue weighted by atomic mass is 9.98. The van der Waals surface area contributed by atoms with Crippen LogP contribution in [0, 0.1) is 19.8 Å². The number of hydrogen-bond donors (Lipinski definition) is 0. The smallest absolute Gasteiger partial charge is 0.135 e. The fourth-order valence-electron chi connectivity index (χ4n) is 4.26. The van der Waals surface area contributed by atoms with Gasteiger partial charge in [-0.3, -0.25) is 0 Å². The third-order valence-electron chi connectivity index (χ3n) is 6.21. The van der Waals surface area contributed by atoms with Crippen LogP contribution in [0.3, 0.4) is 0 Å². The van der Waals surface area contributed by atoms with Crippen LogP contribution in [0.4, 0.5) is 0 Å². The van der Waals surface area contributed by atoms with Gasteiger partial charge in [0.1, 0.15) is 22.5 Å². The van der Waals surface area contributed by atoms with Crippen molar-refractivity contribution >= 4 is 48.4 Å². The fraction of sp³-hybridized carbons (Fsp3) is 0.118. The average Bonchev–Trinajstić information content (AvgIpc) is 3.31. The van der Waals surface area contributed by atoms with Gasteiger partial charge in [0.15, 0.2) is 0 Å². The lowest BCUT2D eigenvalue weighted by Gasteiger charge is -2.03. The summed E-state index contributed by atoms with van der Waals surface area (Å²) in [5.41, 5.74) is 5.95. The van der Waals surface area contributed by atoms with E-state index in [2.05, 4.69) is 58.0 Å². The Balaban J connectivity index is 2.09. The number of allylic oxidation sites excluding steroid dienone is 7. The maximum absolute atomic E-state index is 6.23. The van der Waals surface area contributed by atoms with E-state index in [1.54, 1.807) is 0 Å². The standard InChI is InChI=1S/C34H32O2/c1-21-9-10-22(2)14-17-31-33(25(5)16-13-21)29(27(7)35-31)20-30-28(8)36-32-18-15-23(3)11-12-24(4)19-26(6)34(30)32/h9-21H,2-3,5-6,8H2,1,4,7H3/b10-9?,12-11?,16-13-,17-14-,18-15?,24-19?,30-20+. The lowest BCUT2D eigenvalue weighted by Crippen LogP contribution is -2.22. The van der Waals surface area contributed by atoms with Crippen LogP contribution in [0.5, 0.6) is 0 Å². The van der Waals surface area contributed by atoms with Crippen molar-refractivity contribution in [1.29, 1.82) is 0 Å². The van der Waals surface area contributed by atoms with Crippen LogP contribution in [0.2, 0.25) is 0 Å². The van der Waals surface area contributed by atoms with Gasteiger partial charge in [-0.2, -0.15) is 0 Å². The molecule has 0 saturated carbocycles. The van der Waals surface area contributed by atoms with Crippen molar-refractivity contribution in [3.63, 3.8) is 0 Å². The summed E-state index contributed by atoms with van der Waals surface area (Å²) in [6.45, 7) is 27.3. The van der Waals surface area contributed by atoms with Crippen LogP contribution in [0.1, 0.15) is 35.1 Å². The Morgan fingerprint density at radius 2 is 1.56 bits per heavy atom. The normalized spacial score (nSPS) is 18.0. The average molecular weight is 473 g/mol. The molecule has 0 radical (unpaired) electrons. The van der Waals surface area contributed by atoms with Crippen LogP contribution in [0.25, 0.3) is 48.4 Å². The molecule has 0 spiro atoms. The molecule has 180 valence electrons. The Labute approximate surface area is 212 Å². The molecule has 36 heavy (non-hydrogen) atoms. The van der Waals surface area contributed by atoms with E-state index in [1.165, 1.54) is 0 Å². The second-order valence-electron chi connectivity index (χ2n) is 9.30. The SMILES string of the molecule is C=C1C=CC(C)/C=C\C(=C)c2c(oc(C)c2/C=c2\c(=C)oc3ccc(=C)ccc(C)cc(=C)c23)/C=C\1. The van der Waals surface area contributed by atoms with Crippen molar-refractivity contribution in [2.24, 2.45) is 5.92 Å². The summed E-state index contributed by atoms with van der Waals surface area (Å²) in [7, 11) is 0. The Bertz CT molecular complexity index is 1750. The highest BCUT2D eigenvalue weighted by molar-refractivity contribution is 5.86. The zero-order chi connectivity index (χ0) is 26.0. The van der Waals surface area contributed by atoms with Crippen molar-refractivity contribution in [2.45, 2.75) is 20.8 Å². The summed E-state index contributed by atoms with van der Waals surface area (Å²) in [5.74, 6) is 1.76. The van der Waals surface area contributed by atoms with Crippen LogP contribution in [-0.2, 0) is 0 Å². The first-order chi connectivity index (χ1) is 17.1. The van der Waals surface area contributed by atoms with Gasteiger partial charge in [-0.15, -0.1) is 0 Å². The van der Waals surface area contributed by atoms with Crippen LogP contribution in [-0.4, -0.2) is 0 Å². The highest BCUT2D eigenvalue weighted by Gasteiger charge is 2.17. The molecule has 3 aromatic rings. The Morgan fingerprint density at radius 3 is 2.33 bits per heavy atom. The topological polar surface area (TPSA) is 26.3 Å². The summed E-state index contributed by atoms with van der Waals surface area (Å²) in [4.78, 5) is 0. The Hall–Kier alpha value is -4.30. The molecule has 0 N–H and O–H groups in total. The van der Waals surface area contributed by atoms with Gasteiger partial charge in [0.2, 0.25) is 0 Å². The maximum atomic E-state index is 6.23. The number of fused-ring (bicyclic) bond motifs is 2. The molecule has 2 heterocycles. The molecule has 0 aliphatic heterocycles. The molecule has 1 aliphatic carbocycles. The van der Waals surface area contributed by atoms with Crippen molar-refractivity contribution in [3.8, 4) is 0 Å². The largest absolute Gasteiger partial charge is 0.461 e. The molecular weight excluding hydrogens is 440 g/mol. The van der Waals surface area contributed by atoms with E-state index in [1.807, 2.05) is 68.5 Å². The Kier molecular flexibility index (Phi) is 6.98. The van der Waals surface area contributed by atoms with E-state index in [4.69, 9.17) is 8.83 Å². The van der Waals surface area contributed by atoms with Gasteiger partial charge >= 0.3 is 0 Å². The molecule has 1 unspecified atom stereocenters. The minimum atomic E-state index is 0.246. The molecule has 2 heteroatoms. The van der Waals surface area contributed by atoms with Crippen LogP contribution < -0.4 is 21.1 Å². The monoisotopic (exact) mass is 472 g/mol. The molecule has 1 atom stereocenters. The van der Waals surface area contributed by atoms with Crippen LogP contribution in [0.15, 0.2) is 88.3 Å². The predicted molar refractivity (Wildman–Crippen MR) is 155 cm³/mol. The van der Waals surface area contributed by atoms with E-state index in [0.29, 0.717) is 11.0 Å². The number of aryl methyl sites for hydroxylation is 2. The molecule has 2 aromatic heterocycles. The zero-order valence-electron chi connectivity index (χ0n) is 21.4. The summed E-state index contributed by atoms with van der Waals surface area (Å²) >= 11 is 0. The molecule has 0 fully saturated rings. The number of rotatable bonds is 1. The lowest BCUT2D eigenvalue weighted by molar-refractivity contribution is 0.523. The summed E-state index contributed by atoms with van der Waals surface area (Å²) < 4.78 is 12.4. The second-order valence-corrected chi connectivity index (χ2v) is 9.30. The summed E-state index contributed by atoms with van der Waals surface area (Å²) in [5, 5.41) is 3.48. The van der Waals surface area contributed by atoms with E-state index < -0.39 is 0 Å². The number of furan rings is 2. The molecule has 4 rings (SSSR count). The second kappa shape index (κ2) is 10.1. The highest BCUT2D eigenvalue weighted by Crippen LogP contribution is 2.32.